The van der Waals surface area contributed by atoms with Crippen LogP contribution in [0.4, 0.5) is 0 Å². The maximum atomic E-state index is 5.51. The van der Waals surface area contributed by atoms with Crippen molar-refractivity contribution in [2.24, 2.45) is 0 Å². The molecule has 1 aromatic heterocycles. The number of pyridine rings is 1. The van der Waals surface area contributed by atoms with Crippen LogP contribution in [-0.4, -0.2) is 24.2 Å². The van der Waals surface area contributed by atoms with Crippen molar-refractivity contribution in [3.8, 4) is 11.5 Å². The highest BCUT2D eigenvalue weighted by Gasteiger charge is 2.07. The highest BCUT2D eigenvalue weighted by molar-refractivity contribution is 7.80. The summed E-state index contributed by atoms with van der Waals surface area (Å²) < 4.78 is 10.6. The van der Waals surface area contributed by atoms with Gasteiger partial charge in [-0.25, -0.2) is 0 Å². The van der Waals surface area contributed by atoms with Crippen LogP contribution >= 0.6 is 12.2 Å². The van der Waals surface area contributed by atoms with Gasteiger partial charge in [-0.15, -0.1) is 0 Å². The monoisotopic (exact) mass is 338 g/mol. The normalized spacial score (nSPS) is 10.4. The number of nitrogens with zero attached hydrogens (tertiary/aromatic N) is 1. The number of benzene rings is 2. The molecule has 0 atom stereocenters. The lowest BCUT2D eigenvalue weighted by molar-refractivity contribution is 0.390. The standard InChI is InChI=1S/C19H18N2O2S/c1-22-16-8-7-15(18(11-16)23-2)12-21-19(24)14-6-5-13-4-3-9-20-17(13)10-14/h3-11H,12H2,1-2H3,(H,21,24). The van der Waals surface area contributed by atoms with Crippen LogP contribution in [0.5, 0.6) is 11.5 Å². The smallest absolute Gasteiger partial charge is 0.127 e. The van der Waals surface area contributed by atoms with Crippen LogP contribution in [0.25, 0.3) is 10.9 Å². The molecule has 0 saturated carbocycles. The van der Waals surface area contributed by atoms with Gasteiger partial charge in [-0.2, -0.15) is 0 Å². The van der Waals surface area contributed by atoms with Crippen molar-refractivity contribution in [1.29, 1.82) is 0 Å². The Labute approximate surface area is 146 Å². The van der Waals surface area contributed by atoms with E-state index < -0.39 is 0 Å². The fourth-order valence-electron chi connectivity index (χ4n) is 2.48. The van der Waals surface area contributed by atoms with Crippen LogP contribution < -0.4 is 14.8 Å². The van der Waals surface area contributed by atoms with Gasteiger partial charge in [0.1, 0.15) is 16.5 Å². The molecular weight excluding hydrogens is 320 g/mol. The largest absolute Gasteiger partial charge is 0.497 e. The molecule has 122 valence electrons. The van der Waals surface area contributed by atoms with Crippen LogP contribution in [-0.2, 0) is 6.54 Å². The van der Waals surface area contributed by atoms with Gasteiger partial charge < -0.3 is 14.8 Å². The second-order valence-corrected chi connectivity index (χ2v) is 5.68. The van der Waals surface area contributed by atoms with E-state index >= 15 is 0 Å². The Balaban J connectivity index is 1.75. The van der Waals surface area contributed by atoms with Crippen LogP contribution in [0.1, 0.15) is 11.1 Å². The number of rotatable bonds is 5. The van der Waals surface area contributed by atoms with E-state index in [1.165, 1.54) is 0 Å². The lowest BCUT2D eigenvalue weighted by atomic mass is 10.1. The van der Waals surface area contributed by atoms with E-state index in [-0.39, 0.29) is 0 Å². The number of fused-ring (bicyclic) bond motifs is 1. The third kappa shape index (κ3) is 3.46. The number of hydrogen-bond donors (Lipinski definition) is 1. The Bertz CT molecular complexity index is 880. The molecule has 2 aromatic carbocycles. The summed E-state index contributed by atoms with van der Waals surface area (Å²) in [4.78, 5) is 5.05. The zero-order chi connectivity index (χ0) is 16.9. The quantitative estimate of drug-likeness (QED) is 0.718. The van der Waals surface area contributed by atoms with E-state index in [0.717, 1.165) is 33.5 Å². The highest BCUT2D eigenvalue weighted by atomic mass is 32.1. The molecule has 1 heterocycles. The molecule has 0 aliphatic rings. The molecule has 0 aliphatic carbocycles. The second-order valence-electron chi connectivity index (χ2n) is 5.27. The van der Waals surface area contributed by atoms with Gasteiger partial charge in [0.15, 0.2) is 0 Å². The average molecular weight is 338 g/mol. The van der Waals surface area contributed by atoms with Crippen molar-refractivity contribution in [3.63, 3.8) is 0 Å². The number of aromatic nitrogens is 1. The molecule has 0 fully saturated rings. The van der Waals surface area contributed by atoms with E-state index in [1.54, 1.807) is 20.4 Å². The van der Waals surface area contributed by atoms with Gasteiger partial charge in [-0.05, 0) is 24.3 Å². The van der Waals surface area contributed by atoms with Crippen molar-refractivity contribution in [2.75, 3.05) is 14.2 Å². The summed E-state index contributed by atoms with van der Waals surface area (Å²) in [6.45, 7) is 0.576. The molecule has 0 radical (unpaired) electrons. The summed E-state index contributed by atoms with van der Waals surface area (Å²) in [5.74, 6) is 1.53. The summed E-state index contributed by atoms with van der Waals surface area (Å²) >= 11 is 5.51. The Kier molecular flexibility index (Phi) is 4.91. The van der Waals surface area contributed by atoms with Crippen molar-refractivity contribution in [1.82, 2.24) is 10.3 Å². The van der Waals surface area contributed by atoms with Gasteiger partial charge in [-0.3, -0.25) is 4.98 Å². The maximum Gasteiger partial charge on any atom is 0.127 e. The second kappa shape index (κ2) is 7.27. The van der Waals surface area contributed by atoms with Crippen molar-refractivity contribution >= 4 is 28.1 Å². The van der Waals surface area contributed by atoms with E-state index in [4.69, 9.17) is 21.7 Å². The predicted octanol–water partition coefficient (Wildman–Crippen LogP) is 3.72. The summed E-state index contributed by atoms with van der Waals surface area (Å²) in [7, 11) is 3.28. The van der Waals surface area contributed by atoms with E-state index in [0.29, 0.717) is 11.5 Å². The first-order valence-corrected chi connectivity index (χ1v) is 7.96. The predicted molar refractivity (Wildman–Crippen MR) is 99.8 cm³/mol. The zero-order valence-electron chi connectivity index (χ0n) is 13.6. The first-order valence-electron chi connectivity index (χ1n) is 7.55. The average Bonchev–Trinajstić information content (AvgIpc) is 2.65. The topological polar surface area (TPSA) is 43.4 Å². The molecule has 0 unspecified atom stereocenters. The minimum absolute atomic E-state index is 0.576. The summed E-state index contributed by atoms with van der Waals surface area (Å²) in [6, 6.07) is 15.7. The van der Waals surface area contributed by atoms with Crippen LogP contribution in [0.2, 0.25) is 0 Å². The molecule has 1 N–H and O–H groups in total. The molecule has 0 bridgehead atoms. The first kappa shape index (κ1) is 16.2. The Morgan fingerprint density at radius 1 is 1.08 bits per heavy atom. The molecule has 0 spiro atoms. The molecule has 0 aliphatic heterocycles. The molecular formula is C19H18N2O2S. The number of hydrogen-bond acceptors (Lipinski definition) is 4. The van der Waals surface area contributed by atoms with Gasteiger partial charge in [0.2, 0.25) is 0 Å². The molecule has 24 heavy (non-hydrogen) atoms. The van der Waals surface area contributed by atoms with Crippen LogP contribution in [0.15, 0.2) is 54.7 Å². The first-order chi connectivity index (χ1) is 11.7. The summed E-state index contributed by atoms with van der Waals surface area (Å²) in [5.41, 5.74) is 2.89. The number of nitrogens with one attached hydrogen (secondary N) is 1. The molecule has 5 heteroatoms. The Hall–Kier alpha value is -2.66. The molecule has 3 aromatic rings. The minimum Gasteiger partial charge on any atom is -0.497 e. The Morgan fingerprint density at radius 3 is 2.75 bits per heavy atom. The van der Waals surface area contributed by atoms with Crippen molar-refractivity contribution in [2.45, 2.75) is 6.54 Å². The van der Waals surface area contributed by atoms with Crippen molar-refractivity contribution in [3.05, 3.63) is 65.9 Å². The van der Waals surface area contributed by atoms with Crippen LogP contribution in [0.3, 0.4) is 0 Å². The molecule has 0 saturated heterocycles. The number of ether oxygens (including phenoxy) is 2. The third-order valence-corrected chi connectivity index (χ3v) is 4.18. The molecule has 0 amide bonds. The minimum atomic E-state index is 0.576. The lowest BCUT2D eigenvalue weighted by Gasteiger charge is -2.13. The van der Waals surface area contributed by atoms with E-state index in [2.05, 4.69) is 10.3 Å². The van der Waals surface area contributed by atoms with Gasteiger partial charge in [0.25, 0.3) is 0 Å². The highest BCUT2D eigenvalue weighted by Crippen LogP contribution is 2.24. The Morgan fingerprint density at radius 2 is 1.96 bits per heavy atom. The van der Waals surface area contributed by atoms with Gasteiger partial charge in [0, 0.05) is 35.3 Å². The van der Waals surface area contributed by atoms with Crippen molar-refractivity contribution < 1.29 is 9.47 Å². The van der Waals surface area contributed by atoms with Gasteiger partial charge >= 0.3 is 0 Å². The van der Waals surface area contributed by atoms with E-state index in [1.807, 2.05) is 48.5 Å². The number of methoxy groups -OCH3 is 2. The maximum absolute atomic E-state index is 5.51. The van der Waals surface area contributed by atoms with Gasteiger partial charge in [0.05, 0.1) is 19.7 Å². The molecule has 4 nitrogen and oxygen atoms in total. The summed E-state index contributed by atoms with van der Waals surface area (Å²) in [5, 5.41) is 4.37. The third-order valence-electron chi connectivity index (χ3n) is 3.80. The number of thiocarbonyl (C=S) groups is 1. The fourth-order valence-corrected chi connectivity index (χ4v) is 2.68. The fraction of sp³-hybridized carbons (Fsp3) is 0.158. The van der Waals surface area contributed by atoms with Gasteiger partial charge in [-0.1, -0.05) is 30.4 Å². The zero-order valence-corrected chi connectivity index (χ0v) is 14.4. The van der Waals surface area contributed by atoms with Crippen LogP contribution in [0, 0.1) is 0 Å². The summed E-state index contributed by atoms with van der Waals surface area (Å²) in [6.07, 6.45) is 1.78. The SMILES string of the molecule is COc1ccc(CNC(=S)c2ccc3cccnc3c2)c(OC)c1. The lowest BCUT2D eigenvalue weighted by Crippen LogP contribution is -2.22. The molecule has 3 rings (SSSR count). The van der Waals surface area contributed by atoms with E-state index in [9.17, 15) is 0 Å².